The molecule has 0 unspecified atom stereocenters. The van der Waals surface area contributed by atoms with Crippen LogP contribution >= 0.6 is 11.8 Å². The minimum absolute atomic E-state index is 0.183. The maximum Gasteiger partial charge on any atom is 0.338 e. The minimum atomic E-state index is -0.224. The third kappa shape index (κ3) is 3.59. The van der Waals surface area contributed by atoms with Crippen molar-refractivity contribution in [1.82, 2.24) is 4.90 Å². The zero-order valence-corrected chi connectivity index (χ0v) is 17.6. The Balaban J connectivity index is 1.79. The normalized spacial score (nSPS) is 17.0. The standard InChI is InChI=1S/C23H27NO3S/c1-4-27-22(25)19-14-17(23(2,3)24-9-11-26-12-10-24)15-21-18(19)13-16-7-5-6-8-20(16)28-21/h5-8,14-15H,4,9-13H2,1-3H3. The van der Waals surface area contributed by atoms with Crippen LogP contribution in [0.2, 0.25) is 0 Å². The van der Waals surface area contributed by atoms with Crippen LogP contribution in [-0.4, -0.2) is 43.8 Å². The smallest absolute Gasteiger partial charge is 0.338 e. The van der Waals surface area contributed by atoms with E-state index in [-0.39, 0.29) is 11.5 Å². The number of nitrogens with zero attached hydrogens (tertiary/aromatic N) is 1. The van der Waals surface area contributed by atoms with Gasteiger partial charge in [0.2, 0.25) is 0 Å². The fourth-order valence-corrected chi connectivity index (χ4v) is 5.17. The quantitative estimate of drug-likeness (QED) is 0.607. The summed E-state index contributed by atoms with van der Waals surface area (Å²) in [6, 6.07) is 12.8. The zero-order valence-electron chi connectivity index (χ0n) is 16.8. The molecule has 4 nitrogen and oxygen atoms in total. The van der Waals surface area contributed by atoms with E-state index < -0.39 is 0 Å². The van der Waals surface area contributed by atoms with E-state index in [4.69, 9.17) is 9.47 Å². The highest BCUT2D eigenvalue weighted by molar-refractivity contribution is 7.99. The first-order valence-electron chi connectivity index (χ1n) is 9.93. The monoisotopic (exact) mass is 397 g/mol. The van der Waals surface area contributed by atoms with E-state index in [9.17, 15) is 4.79 Å². The van der Waals surface area contributed by atoms with Gasteiger partial charge in [-0.2, -0.15) is 0 Å². The summed E-state index contributed by atoms with van der Waals surface area (Å²) in [5, 5.41) is 0. The van der Waals surface area contributed by atoms with Crippen molar-refractivity contribution in [3.05, 3.63) is 58.7 Å². The molecule has 4 rings (SSSR count). The zero-order chi connectivity index (χ0) is 19.7. The molecule has 0 amide bonds. The van der Waals surface area contributed by atoms with Crippen LogP contribution in [0.1, 0.15) is 47.8 Å². The molecule has 0 N–H and O–H groups in total. The molecule has 1 saturated heterocycles. The fourth-order valence-electron chi connectivity index (χ4n) is 4.03. The summed E-state index contributed by atoms with van der Waals surface area (Å²) in [6.45, 7) is 10.0. The topological polar surface area (TPSA) is 38.8 Å². The van der Waals surface area contributed by atoms with E-state index in [1.165, 1.54) is 15.4 Å². The van der Waals surface area contributed by atoms with Crippen molar-refractivity contribution in [2.24, 2.45) is 0 Å². The molecule has 0 spiro atoms. The van der Waals surface area contributed by atoms with Gasteiger partial charge in [0, 0.05) is 34.8 Å². The van der Waals surface area contributed by atoms with Crippen LogP contribution in [-0.2, 0) is 21.4 Å². The Labute approximate surface area is 171 Å². The van der Waals surface area contributed by atoms with Crippen molar-refractivity contribution in [2.45, 2.75) is 42.5 Å². The summed E-state index contributed by atoms with van der Waals surface area (Å²) in [4.78, 5) is 17.7. The van der Waals surface area contributed by atoms with Gasteiger partial charge in [-0.1, -0.05) is 30.0 Å². The number of fused-ring (bicyclic) bond motifs is 2. The molecule has 148 valence electrons. The number of carbonyl (C=O) groups excluding carboxylic acids is 1. The Kier molecular flexibility index (Phi) is 5.50. The fraction of sp³-hybridized carbons (Fsp3) is 0.435. The van der Waals surface area contributed by atoms with E-state index in [1.54, 1.807) is 11.8 Å². The summed E-state index contributed by atoms with van der Waals surface area (Å²) in [5.74, 6) is -0.224. The van der Waals surface area contributed by atoms with Crippen LogP contribution in [0.3, 0.4) is 0 Å². The lowest BCUT2D eigenvalue weighted by atomic mass is 9.87. The molecule has 2 aromatic carbocycles. The number of esters is 1. The molecule has 1 fully saturated rings. The second-order valence-corrected chi connectivity index (χ2v) is 8.85. The number of hydrogen-bond acceptors (Lipinski definition) is 5. The van der Waals surface area contributed by atoms with E-state index in [0.717, 1.165) is 43.9 Å². The number of benzene rings is 2. The maximum atomic E-state index is 12.8. The second-order valence-electron chi connectivity index (χ2n) is 7.77. The molecule has 28 heavy (non-hydrogen) atoms. The van der Waals surface area contributed by atoms with Crippen LogP contribution in [0, 0.1) is 0 Å². The van der Waals surface area contributed by atoms with Crippen molar-refractivity contribution in [3.63, 3.8) is 0 Å². The minimum Gasteiger partial charge on any atom is -0.462 e. The molecule has 2 aromatic rings. The Morgan fingerprint density at radius 3 is 2.68 bits per heavy atom. The summed E-state index contributed by atoms with van der Waals surface area (Å²) in [5.41, 5.74) is 4.03. The first-order chi connectivity index (χ1) is 13.5. The van der Waals surface area contributed by atoms with Crippen molar-refractivity contribution < 1.29 is 14.3 Å². The molecule has 0 aliphatic carbocycles. The second kappa shape index (κ2) is 7.90. The lowest BCUT2D eigenvalue weighted by Crippen LogP contribution is -2.48. The Bertz CT molecular complexity index is 887. The van der Waals surface area contributed by atoms with Gasteiger partial charge in [0.05, 0.1) is 25.4 Å². The van der Waals surface area contributed by atoms with Crippen LogP contribution < -0.4 is 0 Å². The molecular formula is C23H27NO3S. The van der Waals surface area contributed by atoms with Gasteiger partial charge in [-0.25, -0.2) is 4.79 Å². The molecule has 2 aliphatic rings. The Morgan fingerprint density at radius 2 is 1.93 bits per heavy atom. The van der Waals surface area contributed by atoms with Gasteiger partial charge in [-0.15, -0.1) is 0 Å². The first kappa shape index (κ1) is 19.5. The Morgan fingerprint density at radius 1 is 1.18 bits per heavy atom. The van der Waals surface area contributed by atoms with E-state index in [0.29, 0.717) is 12.2 Å². The van der Waals surface area contributed by atoms with Crippen LogP contribution in [0.5, 0.6) is 0 Å². The van der Waals surface area contributed by atoms with Crippen molar-refractivity contribution in [2.75, 3.05) is 32.9 Å². The number of hydrogen-bond donors (Lipinski definition) is 0. The van der Waals surface area contributed by atoms with E-state index in [1.807, 2.05) is 6.92 Å². The third-order valence-electron chi connectivity index (χ3n) is 5.77. The highest BCUT2D eigenvalue weighted by Gasteiger charge is 2.33. The molecule has 5 heteroatoms. The SMILES string of the molecule is CCOC(=O)c1cc(C(C)(C)N2CCOCC2)cc2c1Cc1ccccc1S2. The molecule has 2 heterocycles. The lowest BCUT2D eigenvalue weighted by Gasteiger charge is -2.41. The summed E-state index contributed by atoms with van der Waals surface area (Å²) in [7, 11) is 0. The predicted molar refractivity (Wildman–Crippen MR) is 111 cm³/mol. The maximum absolute atomic E-state index is 12.8. The molecule has 0 bridgehead atoms. The van der Waals surface area contributed by atoms with Gasteiger partial charge in [-0.3, -0.25) is 4.90 Å². The average Bonchev–Trinajstić information content (AvgIpc) is 2.72. The summed E-state index contributed by atoms with van der Waals surface area (Å²) < 4.78 is 10.9. The third-order valence-corrected chi connectivity index (χ3v) is 6.97. The lowest BCUT2D eigenvalue weighted by molar-refractivity contribution is -0.0119. The largest absolute Gasteiger partial charge is 0.462 e. The number of carbonyl (C=O) groups is 1. The number of morpholine rings is 1. The average molecular weight is 398 g/mol. The van der Waals surface area contributed by atoms with E-state index >= 15 is 0 Å². The van der Waals surface area contributed by atoms with Gasteiger partial charge in [0.15, 0.2) is 0 Å². The first-order valence-corrected chi connectivity index (χ1v) is 10.8. The molecule has 0 radical (unpaired) electrons. The van der Waals surface area contributed by atoms with Gasteiger partial charge in [0.25, 0.3) is 0 Å². The highest BCUT2D eigenvalue weighted by Crippen LogP contribution is 2.43. The van der Waals surface area contributed by atoms with Crippen LogP contribution in [0.25, 0.3) is 0 Å². The highest BCUT2D eigenvalue weighted by atomic mass is 32.2. The molecule has 2 aliphatic heterocycles. The van der Waals surface area contributed by atoms with Crippen molar-refractivity contribution in [3.8, 4) is 0 Å². The molecule has 0 aromatic heterocycles. The summed E-state index contributed by atoms with van der Waals surface area (Å²) >= 11 is 1.76. The van der Waals surface area contributed by atoms with Crippen LogP contribution in [0.4, 0.5) is 0 Å². The van der Waals surface area contributed by atoms with Gasteiger partial charge < -0.3 is 9.47 Å². The Hall–Kier alpha value is -1.82. The van der Waals surface area contributed by atoms with Gasteiger partial charge in [-0.05, 0) is 55.7 Å². The van der Waals surface area contributed by atoms with E-state index in [2.05, 4.69) is 55.1 Å². The van der Waals surface area contributed by atoms with Crippen molar-refractivity contribution >= 4 is 17.7 Å². The molecule has 0 saturated carbocycles. The number of ether oxygens (including phenoxy) is 2. The number of rotatable bonds is 4. The summed E-state index contributed by atoms with van der Waals surface area (Å²) in [6.07, 6.45) is 0.769. The van der Waals surface area contributed by atoms with Crippen molar-refractivity contribution in [1.29, 1.82) is 0 Å². The van der Waals surface area contributed by atoms with Crippen LogP contribution in [0.15, 0.2) is 46.2 Å². The predicted octanol–water partition coefficient (Wildman–Crippen LogP) is 4.49. The van der Waals surface area contributed by atoms with Gasteiger partial charge in [0.1, 0.15) is 0 Å². The van der Waals surface area contributed by atoms with Gasteiger partial charge >= 0.3 is 5.97 Å². The molecule has 0 atom stereocenters. The molecular weight excluding hydrogens is 370 g/mol.